The van der Waals surface area contributed by atoms with E-state index in [9.17, 15) is 4.79 Å². The fourth-order valence-corrected chi connectivity index (χ4v) is 1.81. The van der Waals surface area contributed by atoms with Crippen molar-refractivity contribution in [3.63, 3.8) is 0 Å². The summed E-state index contributed by atoms with van der Waals surface area (Å²) in [5, 5.41) is 17.9. The number of carbonyl (C=O) groups is 1. The molecule has 1 aliphatic heterocycles. The molecule has 0 saturated carbocycles. The van der Waals surface area contributed by atoms with E-state index >= 15 is 0 Å². The average Bonchev–Trinajstić information content (AvgIpc) is 2.50. The molecule has 4 nitrogen and oxygen atoms in total. The lowest BCUT2D eigenvalue weighted by atomic mass is 10.0. The Morgan fingerprint density at radius 3 is 2.64 bits per heavy atom. The van der Waals surface area contributed by atoms with Gasteiger partial charge in [0.25, 0.3) is 0 Å². The lowest BCUT2D eigenvalue weighted by Gasteiger charge is -2.17. The number of aliphatic hydroxyl groups excluding tert-OH is 1. The number of hydrogen-bond donors (Lipinski definition) is 2. The van der Waals surface area contributed by atoms with Crippen LogP contribution in [-0.2, 0) is 9.53 Å². The monoisotopic (exact) mass is 202 g/mol. The third-order valence-electron chi connectivity index (χ3n) is 2.69. The second kappa shape index (κ2) is 4.75. The standard InChI is InChI=1S/C10H18O4/c1-6(11)5-8-3-4-9(14-8)7(2)10(12)13/h6-9,11H,3-5H2,1-2H3,(H,12,13). The van der Waals surface area contributed by atoms with Gasteiger partial charge in [-0.1, -0.05) is 0 Å². The number of ether oxygens (including phenoxy) is 1. The van der Waals surface area contributed by atoms with Crippen LogP contribution in [0.15, 0.2) is 0 Å². The quantitative estimate of drug-likeness (QED) is 0.714. The summed E-state index contributed by atoms with van der Waals surface area (Å²) < 4.78 is 5.55. The second-order valence-electron chi connectivity index (χ2n) is 4.09. The Hall–Kier alpha value is -0.610. The summed E-state index contributed by atoms with van der Waals surface area (Å²) in [4.78, 5) is 10.7. The summed E-state index contributed by atoms with van der Waals surface area (Å²) in [5.74, 6) is -1.26. The Morgan fingerprint density at radius 1 is 1.50 bits per heavy atom. The third-order valence-corrected chi connectivity index (χ3v) is 2.69. The molecule has 0 radical (unpaired) electrons. The highest BCUT2D eigenvalue weighted by Crippen LogP contribution is 2.27. The van der Waals surface area contributed by atoms with E-state index in [0.29, 0.717) is 6.42 Å². The molecule has 0 aromatic carbocycles. The number of rotatable bonds is 4. The molecule has 82 valence electrons. The smallest absolute Gasteiger partial charge is 0.308 e. The number of aliphatic hydroxyl groups is 1. The molecule has 0 aromatic heterocycles. The third kappa shape index (κ3) is 2.96. The maximum atomic E-state index is 10.7. The van der Waals surface area contributed by atoms with Crippen molar-refractivity contribution in [1.29, 1.82) is 0 Å². The van der Waals surface area contributed by atoms with E-state index in [-0.39, 0.29) is 18.3 Å². The Kier molecular flexibility index (Phi) is 3.89. The largest absolute Gasteiger partial charge is 0.481 e. The van der Waals surface area contributed by atoms with Crippen LogP contribution in [0.25, 0.3) is 0 Å². The first-order chi connectivity index (χ1) is 6.50. The van der Waals surface area contributed by atoms with Gasteiger partial charge < -0.3 is 14.9 Å². The summed E-state index contributed by atoms with van der Waals surface area (Å²) in [6.45, 7) is 3.38. The first-order valence-electron chi connectivity index (χ1n) is 5.07. The van der Waals surface area contributed by atoms with Crippen LogP contribution in [0.5, 0.6) is 0 Å². The van der Waals surface area contributed by atoms with E-state index in [2.05, 4.69) is 0 Å². The molecule has 1 aliphatic rings. The first kappa shape index (κ1) is 11.5. The van der Waals surface area contributed by atoms with E-state index in [1.54, 1.807) is 13.8 Å². The van der Waals surface area contributed by atoms with E-state index < -0.39 is 11.9 Å². The van der Waals surface area contributed by atoms with Crippen molar-refractivity contribution in [2.75, 3.05) is 0 Å². The van der Waals surface area contributed by atoms with Crippen LogP contribution in [0.4, 0.5) is 0 Å². The molecule has 1 rings (SSSR count). The lowest BCUT2D eigenvalue weighted by molar-refractivity contribution is -0.146. The van der Waals surface area contributed by atoms with Crippen molar-refractivity contribution in [1.82, 2.24) is 0 Å². The van der Waals surface area contributed by atoms with Crippen LogP contribution in [0.2, 0.25) is 0 Å². The van der Waals surface area contributed by atoms with Gasteiger partial charge in [0, 0.05) is 0 Å². The van der Waals surface area contributed by atoms with E-state index in [1.165, 1.54) is 0 Å². The maximum absolute atomic E-state index is 10.7. The predicted molar refractivity (Wildman–Crippen MR) is 51.0 cm³/mol. The van der Waals surface area contributed by atoms with Crippen LogP contribution < -0.4 is 0 Å². The van der Waals surface area contributed by atoms with Gasteiger partial charge in [-0.2, -0.15) is 0 Å². The molecule has 0 aromatic rings. The van der Waals surface area contributed by atoms with Gasteiger partial charge in [-0.15, -0.1) is 0 Å². The van der Waals surface area contributed by atoms with Crippen LogP contribution in [0.1, 0.15) is 33.1 Å². The summed E-state index contributed by atoms with van der Waals surface area (Å²) >= 11 is 0. The fraction of sp³-hybridized carbons (Fsp3) is 0.900. The number of hydrogen-bond acceptors (Lipinski definition) is 3. The molecule has 1 saturated heterocycles. The molecule has 1 heterocycles. The Balaban J connectivity index is 2.37. The van der Waals surface area contributed by atoms with Gasteiger partial charge in [0.15, 0.2) is 0 Å². The van der Waals surface area contributed by atoms with Gasteiger partial charge in [0.1, 0.15) is 0 Å². The van der Waals surface area contributed by atoms with Crippen LogP contribution in [0.3, 0.4) is 0 Å². The SMILES string of the molecule is CC(O)CC1CCC(C(C)C(=O)O)O1. The van der Waals surface area contributed by atoms with E-state index in [0.717, 1.165) is 12.8 Å². The molecule has 4 atom stereocenters. The molecule has 4 unspecified atom stereocenters. The Morgan fingerprint density at radius 2 is 2.14 bits per heavy atom. The molecule has 2 N–H and O–H groups in total. The molecular weight excluding hydrogens is 184 g/mol. The van der Waals surface area contributed by atoms with Crippen LogP contribution in [0, 0.1) is 5.92 Å². The number of aliphatic carboxylic acids is 1. The molecular formula is C10H18O4. The minimum absolute atomic E-state index is 0.0294. The maximum Gasteiger partial charge on any atom is 0.308 e. The zero-order valence-corrected chi connectivity index (χ0v) is 8.64. The highest BCUT2D eigenvalue weighted by molar-refractivity contribution is 5.70. The van der Waals surface area contributed by atoms with Gasteiger partial charge in [-0.25, -0.2) is 0 Å². The fourth-order valence-electron chi connectivity index (χ4n) is 1.81. The zero-order valence-electron chi connectivity index (χ0n) is 8.64. The Labute approximate surface area is 83.9 Å². The highest BCUT2D eigenvalue weighted by Gasteiger charge is 2.33. The molecule has 14 heavy (non-hydrogen) atoms. The van der Waals surface area contributed by atoms with Crippen LogP contribution >= 0.6 is 0 Å². The summed E-state index contributed by atoms with van der Waals surface area (Å²) in [7, 11) is 0. The molecule has 4 heteroatoms. The van der Waals surface area contributed by atoms with Crippen molar-refractivity contribution in [2.24, 2.45) is 5.92 Å². The van der Waals surface area contributed by atoms with Crippen molar-refractivity contribution >= 4 is 5.97 Å². The highest BCUT2D eigenvalue weighted by atomic mass is 16.5. The molecule has 0 spiro atoms. The average molecular weight is 202 g/mol. The zero-order chi connectivity index (χ0) is 10.7. The van der Waals surface area contributed by atoms with Crippen molar-refractivity contribution in [3.8, 4) is 0 Å². The molecule has 0 bridgehead atoms. The molecule has 0 amide bonds. The summed E-state index contributed by atoms with van der Waals surface area (Å²) in [6.07, 6.45) is 1.71. The van der Waals surface area contributed by atoms with Crippen molar-refractivity contribution in [2.45, 2.75) is 51.4 Å². The number of carboxylic acids is 1. The lowest BCUT2D eigenvalue weighted by Crippen LogP contribution is -2.26. The van der Waals surface area contributed by atoms with E-state index in [4.69, 9.17) is 14.9 Å². The number of carboxylic acid groups (broad SMARTS) is 1. The van der Waals surface area contributed by atoms with Crippen LogP contribution in [-0.4, -0.2) is 34.5 Å². The van der Waals surface area contributed by atoms with Crippen molar-refractivity contribution in [3.05, 3.63) is 0 Å². The second-order valence-corrected chi connectivity index (χ2v) is 4.09. The van der Waals surface area contributed by atoms with E-state index in [1.807, 2.05) is 0 Å². The van der Waals surface area contributed by atoms with Gasteiger partial charge in [0.05, 0.1) is 24.2 Å². The Bertz CT molecular complexity index is 202. The normalized spacial score (nSPS) is 31.4. The molecule has 0 aliphatic carbocycles. The van der Waals surface area contributed by atoms with Gasteiger partial charge in [-0.3, -0.25) is 4.79 Å². The summed E-state index contributed by atoms with van der Waals surface area (Å²) in [6, 6.07) is 0. The van der Waals surface area contributed by atoms with Gasteiger partial charge in [0.2, 0.25) is 0 Å². The summed E-state index contributed by atoms with van der Waals surface area (Å²) in [5.41, 5.74) is 0. The van der Waals surface area contributed by atoms with Gasteiger partial charge in [-0.05, 0) is 33.1 Å². The predicted octanol–water partition coefficient (Wildman–Crippen LogP) is 1.03. The topological polar surface area (TPSA) is 66.8 Å². The van der Waals surface area contributed by atoms with Gasteiger partial charge >= 0.3 is 5.97 Å². The first-order valence-corrected chi connectivity index (χ1v) is 5.07. The van der Waals surface area contributed by atoms with Crippen molar-refractivity contribution < 1.29 is 19.7 Å². The minimum atomic E-state index is -0.812. The minimum Gasteiger partial charge on any atom is -0.481 e. The molecule has 1 fully saturated rings.